The van der Waals surface area contributed by atoms with E-state index in [4.69, 9.17) is 4.74 Å². The smallest absolute Gasteiger partial charge is 0.251 e. The van der Waals surface area contributed by atoms with Crippen molar-refractivity contribution in [2.75, 3.05) is 20.2 Å². The number of nitrogens with zero attached hydrogens (tertiary/aromatic N) is 2. The van der Waals surface area contributed by atoms with Gasteiger partial charge in [-0.05, 0) is 67.6 Å². The number of benzene rings is 2. The number of hydrogen-bond donors (Lipinski definition) is 5. The molecule has 4 atom stereocenters. The number of methoxy groups -OCH3 is 1. The van der Waals surface area contributed by atoms with E-state index in [0.29, 0.717) is 37.4 Å². The maximum Gasteiger partial charge on any atom is 0.251 e. The van der Waals surface area contributed by atoms with Crippen molar-refractivity contribution in [1.82, 2.24) is 36.1 Å². The summed E-state index contributed by atoms with van der Waals surface area (Å²) < 4.78 is 5.25. The lowest BCUT2D eigenvalue weighted by Crippen LogP contribution is -2.58. The molecule has 5 N–H and O–H groups in total. The molecule has 12 nitrogen and oxygen atoms in total. The van der Waals surface area contributed by atoms with Gasteiger partial charge in [0.25, 0.3) is 5.91 Å². The summed E-state index contributed by atoms with van der Waals surface area (Å²) in [4.78, 5) is 63.5. The summed E-state index contributed by atoms with van der Waals surface area (Å²) in [5.74, 6) is -0.367. The minimum absolute atomic E-state index is 0.174. The van der Waals surface area contributed by atoms with E-state index in [9.17, 15) is 19.2 Å². The van der Waals surface area contributed by atoms with Crippen LogP contribution >= 0.6 is 0 Å². The molecule has 1 aromatic heterocycles. The summed E-state index contributed by atoms with van der Waals surface area (Å²) in [6, 6.07) is 11.9. The van der Waals surface area contributed by atoms with Gasteiger partial charge >= 0.3 is 0 Å². The molecule has 0 spiro atoms. The number of ether oxygens (including phenoxy) is 1. The summed E-state index contributed by atoms with van der Waals surface area (Å²) in [5, 5.41) is 11.5. The van der Waals surface area contributed by atoms with Gasteiger partial charge in [0.15, 0.2) is 0 Å². The SMILES string of the molecule is CC[C@H](C)C1NC(=O)c2ccc(cc2)CN(Cc2ncc[nH]2)CCCCNC(=O)[C@@H](C)NC(=O)[C@H](Cc2ccc(OC)cc2)NC1=O. The zero-order valence-electron chi connectivity index (χ0n) is 27.7. The summed E-state index contributed by atoms with van der Waals surface area (Å²) >= 11 is 0. The number of rotatable bonds is 7. The van der Waals surface area contributed by atoms with Crippen molar-refractivity contribution < 1.29 is 23.9 Å². The van der Waals surface area contributed by atoms with Crippen LogP contribution in [-0.4, -0.2) is 76.8 Å². The number of imidazole rings is 1. The Morgan fingerprint density at radius 2 is 1.68 bits per heavy atom. The number of carbonyl (C=O) groups is 4. The van der Waals surface area contributed by atoms with Crippen LogP contribution in [-0.2, 0) is 33.9 Å². The second-order valence-corrected chi connectivity index (χ2v) is 12.1. The number of carbonyl (C=O) groups excluding carboxylic acids is 4. The van der Waals surface area contributed by atoms with E-state index >= 15 is 0 Å². The van der Waals surface area contributed by atoms with Crippen molar-refractivity contribution in [2.45, 2.75) is 77.7 Å². The Hall–Kier alpha value is -4.71. The molecule has 2 bridgehead atoms. The third-order valence-corrected chi connectivity index (χ3v) is 8.52. The highest BCUT2D eigenvalue weighted by Gasteiger charge is 2.31. The van der Waals surface area contributed by atoms with Gasteiger partial charge in [0.2, 0.25) is 17.7 Å². The van der Waals surface area contributed by atoms with Gasteiger partial charge < -0.3 is 31.0 Å². The average molecular weight is 646 g/mol. The second kappa shape index (κ2) is 17.3. The van der Waals surface area contributed by atoms with Gasteiger partial charge in [-0.15, -0.1) is 0 Å². The summed E-state index contributed by atoms with van der Waals surface area (Å²) in [5.41, 5.74) is 2.26. The first kappa shape index (κ1) is 35.1. The van der Waals surface area contributed by atoms with Crippen molar-refractivity contribution in [3.8, 4) is 5.75 Å². The van der Waals surface area contributed by atoms with Crippen LogP contribution in [0.15, 0.2) is 60.9 Å². The van der Waals surface area contributed by atoms with Crippen LogP contribution in [0.2, 0.25) is 0 Å². The molecule has 1 unspecified atom stereocenters. The van der Waals surface area contributed by atoms with E-state index in [1.165, 1.54) is 0 Å². The molecule has 0 radical (unpaired) electrons. The van der Waals surface area contributed by atoms with Crippen LogP contribution in [0.4, 0.5) is 0 Å². The molecular formula is C35H47N7O5. The molecule has 0 saturated carbocycles. The molecule has 2 aliphatic heterocycles. The minimum Gasteiger partial charge on any atom is -0.497 e. The van der Waals surface area contributed by atoms with Gasteiger partial charge in [0.05, 0.1) is 13.7 Å². The fourth-order valence-electron chi connectivity index (χ4n) is 5.43. The monoisotopic (exact) mass is 645 g/mol. The summed E-state index contributed by atoms with van der Waals surface area (Å²) in [6.07, 6.45) is 5.88. The van der Waals surface area contributed by atoms with Crippen LogP contribution in [0.1, 0.15) is 67.3 Å². The third kappa shape index (κ3) is 10.4. The van der Waals surface area contributed by atoms with E-state index in [-0.39, 0.29) is 24.2 Å². The molecule has 0 fully saturated rings. The maximum absolute atomic E-state index is 13.8. The normalized spacial score (nSPS) is 21.5. The van der Waals surface area contributed by atoms with Gasteiger partial charge in [0, 0.05) is 37.5 Å². The first-order valence-corrected chi connectivity index (χ1v) is 16.3. The first-order chi connectivity index (χ1) is 22.7. The van der Waals surface area contributed by atoms with Gasteiger partial charge in [0.1, 0.15) is 29.7 Å². The van der Waals surface area contributed by atoms with Crippen LogP contribution in [0.5, 0.6) is 5.75 Å². The topological polar surface area (TPSA) is 158 Å². The number of fused-ring (bicyclic) bond motifs is 18. The number of hydrogen-bond acceptors (Lipinski definition) is 7. The molecule has 2 aliphatic rings. The zero-order chi connectivity index (χ0) is 33.8. The Balaban J connectivity index is 1.58. The average Bonchev–Trinajstić information content (AvgIpc) is 3.59. The quantitative estimate of drug-likeness (QED) is 0.247. The molecule has 5 rings (SSSR count). The Bertz CT molecular complexity index is 1460. The molecule has 3 aromatic rings. The molecule has 12 heteroatoms. The van der Waals surface area contributed by atoms with Crippen LogP contribution in [0, 0.1) is 5.92 Å². The third-order valence-electron chi connectivity index (χ3n) is 8.52. The molecule has 3 heterocycles. The van der Waals surface area contributed by atoms with Gasteiger partial charge in [-0.3, -0.25) is 24.1 Å². The van der Waals surface area contributed by atoms with Crippen molar-refractivity contribution >= 4 is 23.6 Å². The van der Waals surface area contributed by atoms with Gasteiger partial charge in [-0.25, -0.2) is 4.98 Å². The van der Waals surface area contributed by atoms with E-state index < -0.39 is 29.9 Å². The fraction of sp³-hybridized carbons (Fsp3) is 0.457. The highest BCUT2D eigenvalue weighted by Crippen LogP contribution is 2.16. The maximum atomic E-state index is 13.8. The number of amides is 4. The van der Waals surface area contributed by atoms with Crippen LogP contribution in [0.3, 0.4) is 0 Å². The van der Waals surface area contributed by atoms with Crippen LogP contribution < -0.4 is 26.0 Å². The summed E-state index contributed by atoms with van der Waals surface area (Å²) in [6.45, 7) is 7.93. The largest absolute Gasteiger partial charge is 0.497 e. The number of aromatic nitrogens is 2. The van der Waals surface area contributed by atoms with Crippen LogP contribution in [0.25, 0.3) is 0 Å². The Morgan fingerprint density at radius 1 is 0.936 bits per heavy atom. The molecule has 4 amide bonds. The lowest BCUT2D eigenvalue weighted by molar-refractivity contribution is -0.132. The van der Waals surface area contributed by atoms with E-state index in [1.54, 1.807) is 50.7 Å². The Labute approximate surface area is 276 Å². The predicted molar refractivity (Wildman–Crippen MR) is 178 cm³/mol. The zero-order valence-corrected chi connectivity index (χ0v) is 27.7. The molecule has 2 aromatic carbocycles. The minimum atomic E-state index is -0.997. The van der Waals surface area contributed by atoms with Crippen molar-refractivity contribution in [2.24, 2.45) is 5.92 Å². The molecule has 0 saturated heterocycles. The molecular weight excluding hydrogens is 598 g/mol. The van der Waals surface area contributed by atoms with Crippen molar-refractivity contribution in [3.63, 3.8) is 0 Å². The molecule has 47 heavy (non-hydrogen) atoms. The molecule has 0 aliphatic carbocycles. The standard InChI is InChI=1S/C35H47N7O5/c1-5-23(2)31-35(46)40-29(20-25-10-14-28(47-4)15-11-25)34(45)39-24(3)32(43)38-16-6-7-19-42(22-30-36-17-18-37-30)21-26-8-12-27(13-9-26)33(44)41-31/h8-15,17-18,23-24,29,31H,5-7,16,19-22H2,1-4H3,(H,36,37)(H,38,43)(H,39,45)(H,40,46)(H,41,44)/t23-,24+,29-,31?/m0/s1. The number of aromatic amines is 1. The lowest BCUT2D eigenvalue weighted by atomic mass is 9.96. The van der Waals surface area contributed by atoms with Gasteiger partial charge in [-0.2, -0.15) is 0 Å². The Morgan fingerprint density at radius 3 is 2.34 bits per heavy atom. The lowest BCUT2D eigenvalue weighted by Gasteiger charge is -2.27. The van der Waals surface area contributed by atoms with Crippen molar-refractivity contribution in [1.29, 1.82) is 0 Å². The highest BCUT2D eigenvalue weighted by atomic mass is 16.5. The summed E-state index contributed by atoms with van der Waals surface area (Å²) in [7, 11) is 1.57. The number of H-pyrrole nitrogens is 1. The van der Waals surface area contributed by atoms with E-state index in [0.717, 1.165) is 36.3 Å². The Kier molecular flexibility index (Phi) is 12.9. The molecule has 252 valence electrons. The predicted octanol–water partition coefficient (Wildman–Crippen LogP) is 2.71. The fourth-order valence-corrected chi connectivity index (χ4v) is 5.43. The van der Waals surface area contributed by atoms with E-state index in [1.807, 2.05) is 38.1 Å². The first-order valence-electron chi connectivity index (χ1n) is 16.3. The highest BCUT2D eigenvalue weighted by molar-refractivity contribution is 5.99. The number of nitrogens with one attached hydrogen (secondary N) is 5. The second-order valence-electron chi connectivity index (χ2n) is 12.1. The van der Waals surface area contributed by atoms with Crippen molar-refractivity contribution in [3.05, 3.63) is 83.4 Å². The van der Waals surface area contributed by atoms with E-state index in [2.05, 4.69) is 36.1 Å². The van der Waals surface area contributed by atoms with Gasteiger partial charge in [-0.1, -0.05) is 44.5 Å².